The molecule has 0 radical (unpaired) electrons. The lowest BCUT2D eigenvalue weighted by Gasteiger charge is -2.20. The summed E-state index contributed by atoms with van der Waals surface area (Å²) in [7, 11) is 3.12. The third-order valence-corrected chi connectivity index (χ3v) is 3.36. The van der Waals surface area contributed by atoms with Crippen molar-refractivity contribution in [3.63, 3.8) is 0 Å². The number of aliphatic hydroxyl groups excluding tert-OH is 1. The Labute approximate surface area is 112 Å². The summed E-state index contributed by atoms with van der Waals surface area (Å²) in [6, 6.07) is 5.28. The quantitative estimate of drug-likeness (QED) is 0.873. The number of carbonyl (C=O) groups is 1. The maximum atomic E-state index is 11.5. The fourth-order valence-corrected chi connectivity index (χ4v) is 2.27. The van der Waals surface area contributed by atoms with Crippen LogP contribution >= 0.6 is 0 Å². The molecule has 5 heteroatoms. The standard InChI is InChI=1S/C14H19NO4/c1-18-12-6-5-10(8-13(12)19-2)11(16)9-15-7-3-4-14(15)17/h5-6,8,11,16H,3-4,7,9H2,1-2H3. The number of likely N-dealkylation sites (tertiary alicyclic amines) is 1. The van der Waals surface area contributed by atoms with Crippen molar-refractivity contribution in [2.75, 3.05) is 27.3 Å². The van der Waals surface area contributed by atoms with Crippen molar-refractivity contribution >= 4 is 5.91 Å². The van der Waals surface area contributed by atoms with Crippen LogP contribution < -0.4 is 9.47 Å². The van der Waals surface area contributed by atoms with E-state index in [0.717, 1.165) is 18.5 Å². The van der Waals surface area contributed by atoms with Gasteiger partial charge >= 0.3 is 0 Å². The van der Waals surface area contributed by atoms with Gasteiger partial charge in [0.2, 0.25) is 5.91 Å². The number of hydrogen-bond donors (Lipinski definition) is 1. The molecular weight excluding hydrogens is 246 g/mol. The van der Waals surface area contributed by atoms with E-state index in [1.165, 1.54) is 0 Å². The lowest BCUT2D eigenvalue weighted by Crippen LogP contribution is -2.29. The fraction of sp³-hybridized carbons (Fsp3) is 0.500. The fourth-order valence-electron chi connectivity index (χ4n) is 2.27. The van der Waals surface area contributed by atoms with Gasteiger partial charge in [0.1, 0.15) is 0 Å². The molecule has 0 aromatic heterocycles. The number of rotatable bonds is 5. The molecule has 1 aromatic rings. The summed E-state index contributed by atoms with van der Waals surface area (Å²) in [5.74, 6) is 1.31. The summed E-state index contributed by atoms with van der Waals surface area (Å²) in [5.41, 5.74) is 0.720. The smallest absolute Gasteiger partial charge is 0.222 e. The van der Waals surface area contributed by atoms with Crippen molar-refractivity contribution in [3.8, 4) is 11.5 Å². The molecule has 1 fully saturated rings. The molecule has 19 heavy (non-hydrogen) atoms. The second-order valence-electron chi connectivity index (χ2n) is 4.57. The average molecular weight is 265 g/mol. The zero-order valence-corrected chi connectivity index (χ0v) is 11.3. The highest BCUT2D eigenvalue weighted by atomic mass is 16.5. The largest absolute Gasteiger partial charge is 0.493 e. The van der Waals surface area contributed by atoms with Crippen molar-refractivity contribution < 1.29 is 19.4 Å². The van der Waals surface area contributed by atoms with Gasteiger partial charge in [0.25, 0.3) is 0 Å². The van der Waals surface area contributed by atoms with Gasteiger partial charge in [-0.2, -0.15) is 0 Å². The number of methoxy groups -OCH3 is 2. The molecule has 1 aromatic carbocycles. The van der Waals surface area contributed by atoms with Gasteiger partial charge in [-0.15, -0.1) is 0 Å². The molecule has 1 aliphatic rings. The van der Waals surface area contributed by atoms with E-state index >= 15 is 0 Å². The van der Waals surface area contributed by atoms with E-state index in [0.29, 0.717) is 24.5 Å². The van der Waals surface area contributed by atoms with Gasteiger partial charge in [0.15, 0.2) is 11.5 Å². The normalized spacial score (nSPS) is 16.6. The lowest BCUT2D eigenvalue weighted by molar-refractivity contribution is -0.128. The topological polar surface area (TPSA) is 59.0 Å². The van der Waals surface area contributed by atoms with Gasteiger partial charge in [0, 0.05) is 13.0 Å². The van der Waals surface area contributed by atoms with E-state index in [9.17, 15) is 9.90 Å². The highest BCUT2D eigenvalue weighted by molar-refractivity contribution is 5.78. The Balaban J connectivity index is 2.10. The van der Waals surface area contributed by atoms with Gasteiger partial charge in [0.05, 0.1) is 26.9 Å². The Bertz CT molecular complexity index is 461. The first-order valence-electron chi connectivity index (χ1n) is 6.33. The second kappa shape index (κ2) is 5.93. The predicted molar refractivity (Wildman–Crippen MR) is 70.3 cm³/mol. The van der Waals surface area contributed by atoms with Crippen LogP contribution in [-0.4, -0.2) is 43.2 Å². The van der Waals surface area contributed by atoms with Gasteiger partial charge in [-0.25, -0.2) is 0 Å². The monoisotopic (exact) mass is 265 g/mol. The molecular formula is C14H19NO4. The Morgan fingerprint density at radius 2 is 2.05 bits per heavy atom. The second-order valence-corrected chi connectivity index (χ2v) is 4.57. The number of amides is 1. The van der Waals surface area contributed by atoms with E-state index in [4.69, 9.17) is 9.47 Å². The van der Waals surface area contributed by atoms with Crippen molar-refractivity contribution in [3.05, 3.63) is 23.8 Å². The molecule has 0 bridgehead atoms. The highest BCUT2D eigenvalue weighted by Crippen LogP contribution is 2.30. The van der Waals surface area contributed by atoms with Crippen LogP contribution in [0.2, 0.25) is 0 Å². The number of ether oxygens (including phenoxy) is 2. The van der Waals surface area contributed by atoms with E-state index in [-0.39, 0.29) is 5.91 Å². The predicted octanol–water partition coefficient (Wildman–Crippen LogP) is 1.36. The summed E-state index contributed by atoms with van der Waals surface area (Å²) in [6.45, 7) is 1.05. The Hall–Kier alpha value is -1.75. The summed E-state index contributed by atoms with van der Waals surface area (Å²) in [4.78, 5) is 13.2. The molecule has 1 N–H and O–H groups in total. The molecule has 1 amide bonds. The number of β-amino-alcohol motifs (C(OH)–C–C–N with tert-alkyl or cyclic N) is 1. The summed E-state index contributed by atoms with van der Waals surface area (Å²) < 4.78 is 10.4. The van der Waals surface area contributed by atoms with E-state index < -0.39 is 6.10 Å². The first-order chi connectivity index (χ1) is 9.15. The van der Waals surface area contributed by atoms with Gasteiger partial charge in [-0.1, -0.05) is 6.07 Å². The Morgan fingerprint density at radius 1 is 1.32 bits per heavy atom. The zero-order valence-electron chi connectivity index (χ0n) is 11.3. The summed E-state index contributed by atoms with van der Waals surface area (Å²) in [5, 5.41) is 10.2. The third-order valence-electron chi connectivity index (χ3n) is 3.36. The van der Waals surface area contributed by atoms with Crippen LogP contribution in [-0.2, 0) is 4.79 Å². The molecule has 1 aliphatic heterocycles. The minimum atomic E-state index is -0.707. The molecule has 0 aliphatic carbocycles. The minimum Gasteiger partial charge on any atom is -0.493 e. The van der Waals surface area contributed by atoms with Crippen LogP contribution in [0.25, 0.3) is 0 Å². The Morgan fingerprint density at radius 3 is 2.63 bits per heavy atom. The van der Waals surface area contributed by atoms with Crippen molar-refractivity contribution in [2.24, 2.45) is 0 Å². The molecule has 2 rings (SSSR count). The molecule has 1 saturated heterocycles. The molecule has 104 valence electrons. The number of aliphatic hydroxyl groups is 1. The van der Waals surface area contributed by atoms with Crippen molar-refractivity contribution in [1.29, 1.82) is 0 Å². The molecule has 1 unspecified atom stereocenters. The molecule has 0 saturated carbocycles. The van der Waals surface area contributed by atoms with Crippen molar-refractivity contribution in [1.82, 2.24) is 4.90 Å². The molecule has 5 nitrogen and oxygen atoms in total. The number of carbonyl (C=O) groups excluding carboxylic acids is 1. The van der Waals surface area contributed by atoms with Crippen LogP contribution in [0.5, 0.6) is 11.5 Å². The summed E-state index contributed by atoms with van der Waals surface area (Å²) in [6.07, 6.45) is 0.748. The van der Waals surface area contributed by atoms with Crippen LogP contribution in [0.1, 0.15) is 24.5 Å². The van der Waals surface area contributed by atoms with Gasteiger partial charge < -0.3 is 19.5 Å². The lowest BCUT2D eigenvalue weighted by atomic mass is 10.1. The van der Waals surface area contributed by atoms with Gasteiger partial charge in [-0.3, -0.25) is 4.79 Å². The SMILES string of the molecule is COc1ccc(C(O)CN2CCCC2=O)cc1OC. The minimum absolute atomic E-state index is 0.111. The summed E-state index contributed by atoms with van der Waals surface area (Å²) >= 11 is 0. The zero-order chi connectivity index (χ0) is 13.8. The molecule has 1 heterocycles. The third kappa shape index (κ3) is 2.98. The van der Waals surface area contributed by atoms with Crippen LogP contribution in [0.15, 0.2) is 18.2 Å². The first-order valence-corrected chi connectivity index (χ1v) is 6.33. The van der Waals surface area contributed by atoms with E-state index in [1.54, 1.807) is 37.3 Å². The number of benzene rings is 1. The molecule has 1 atom stereocenters. The first kappa shape index (κ1) is 13.7. The average Bonchev–Trinajstić information content (AvgIpc) is 2.83. The van der Waals surface area contributed by atoms with E-state index in [2.05, 4.69) is 0 Å². The molecule has 0 spiro atoms. The Kier molecular flexibility index (Phi) is 4.27. The van der Waals surface area contributed by atoms with Crippen molar-refractivity contribution in [2.45, 2.75) is 18.9 Å². The van der Waals surface area contributed by atoms with Crippen LogP contribution in [0, 0.1) is 0 Å². The van der Waals surface area contributed by atoms with Crippen LogP contribution in [0.3, 0.4) is 0 Å². The number of nitrogens with zero attached hydrogens (tertiary/aromatic N) is 1. The maximum Gasteiger partial charge on any atom is 0.222 e. The number of hydrogen-bond acceptors (Lipinski definition) is 4. The highest BCUT2D eigenvalue weighted by Gasteiger charge is 2.23. The maximum absolute atomic E-state index is 11.5. The van der Waals surface area contributed by atoms with E-state index in [1.807, 2.05) is 0 Å². The van der Waals surface area contributed by atoms with Gasteiger partial charge in [-0.05, 0) is 24.1 Å². The van der Waals surface area contributed by atoms with Crippen LogP contribution in [0.4, 0.5) is 0 Å².